The molecule has 2 aromatic rings. The van der Waals surface area contributed by atoms with Gasteiger partial charge in [-0.3, -0.25) is 0 Å². The summed E-state index contributed by atoms with van der Waals surface area (Å²) in [6.45, 7) is 0. The van der Waals surface area contributed by atoms with Crippen LogP contribution >= 0.6 is 0 Å². The Kier molecular flexibility index (Phi) is 3.40. The predicted molar refractivity (Wildman–Crippen MR) is 67.8 cm³/mol. The van der Waals surface area contributed by atoms with Gasteiger partial charge in [0.25, 0.3) is 5.89 Å². The molecule has 0 amide bonds. The lowest BCUT2D eigenvalue weighted by Crippen LogP contribution is -2.03. The van der Waals surface area contributed by atoms with Crippen LogP contribution in [-0.4, -0.2) is 21.2 Å². The lowest BCUT2D eigenvalue weighted by atomic mass is 10.1. The molecule has 0 atom stereocenters. The van der Waals surface area contributed by atoms with Crippen molar-refractivity contribution in [2.45, 2.75) is 31.6 Å². The molecule has 1 fully saturated rings. The third-order valence-electron chi connectivity index (χ3n) is 3.68. The fourth-order valence-electron chi connectivity index (χ4n) is 2.59. The summed E-state index contributed by atoms with van der Waals surface area (Å²) in [5.41, 5.74) is -0.520. The normalized spacial score (nSPS) is 15.5. The molecule has 0 bridgehead atoms. The molecule has 0 spiro atoms. The molecule has 110 valence electrons. The topological polar surface area (TPSA) is 76.2 Å². The summed E-state index contributed by atoms with van der Waals surface area (Å²) in [5, 5.41) is 12.9. The first kappa shape index (κ1) is 13.7. The SMILES string of the molecule is O=C(O)c1cc(F)c(F)cc1-c1nc(C2CCCC2)no1. The molecule has 1 heterocycles. The Morgan fingerprint density at radius 3 is 2.57 bits per heavy atom. The van der Waals surface area contributed by atoms with Crippen molar-refractivity contribution in [3.8, 4) is 11.5 Å². The van der Waals surface area contributed by atoms with Gasteiger partial charge in [0.05, 0.1) is 11.1 Å². The largest absolute Gasteiger partial charge is 0.478 e. The molecule has 0 saturated heterocycles. The smallest absolute Gasteiger partial charge is 0.336 e. The summed E-state index contributed by atoms with van der Waals surface area (Å²) in [4.78, 5) is 15.3. The highest BCUT2D eigenvalue weighted by Gasteiger charge is 2.25. The molecule has 21 heavy (non-hydrogen) atoms. The van der Waals surface area contributed by atoms with Crippen molar-refractivity contribution in [3.05, 3.63) is 35.2 Å². The van der Waals surface area contributed by atoms with Gasteiger partial charge in [0.1, 0.15) is 0 Å². The highest BCUT2D eigenvalue weighted by Crippen LogP contribution is 2.34. The van der Waals surface area contributed by atoms with Crippen LogP contribution in [0.25, 0.3) is 11.5 Å². The average molecular weight is 294 g/mol. The molecular weight excluding hydrogens is 282 g/mol. The number of benzene rings is 1. The Hall–Kier alpha value is -2.31. The van der Waals surface area contributed by atoms with Crippen LogP contribution in [0.15, 0.2) is 16.7 Å². The Morgan fingerprint density at radius 1 is 1.24 bits per heavy atom. The number of halogens is 2. The zero-order chi connectivity index (χ0) is 15.0. The van der Waals surface area contributed by atoms with Crippen LogP contribution in [0.2, 0.25) is 0 Å². The van der Waals surface area contributed by atoms with Crippen molar-refractivity contribution in [2.24, 2.45) is 0 Å². The molecule has 1 saturated carbocycles. The number of carboxylic acid groups (broad SMARTS) is 1. The summed E-state index contributed by atoms with van der Waals surface area (Å²) < 4.78 is 31.6. The molecule has 0 radical (unpaired) electrons. The van der Waals surface area contributed by atoms with E-state index >= 15 is 0 Å². The van der Waals surface area contributed by atoms with Crippen molar-refractivity contribution in [1.82, 2.24) is 10.1 Å². The number of aromatic nitrogens is 2. The maximum atomic E-state index is 13.4. The van der Waals surface area contributed by atoms with Crippen LogP contribution in [0.1, 0.15) is 47.8 Å². The summed E-state index contributed by atoms with van der Waals surface area (Å²) in [6, 6.07) is 1.39. The molecule has 1 aliphatic carbocycles. The van der Waals surface area contributed by atoms with E-state index in [1.807, 2.05) is 0 Å². The van der Waals surface area contributed by atoms with E-state index in [0.717, 1.165) is 31.7 Å². The highest BCUT2D eigenvalue weighted by molar-refractivity contribution is 5.94. The molecule has 0 unspecified atom stereocenters. The third kappa shape index (κ3) is 2.51. The third-order valence-corrected chi connectivity index (χ3v) is 3.68. The second-order valence-corrected chi connectivity index (χ2v) is 5.06. The number of nitrogens with zero attached hydrogens (tertiary/aromatic N) is 2. The fraction of sp³-hybridized carbons (Fsp3) is 0.357. The number of hydrogen-bond acceptors (Lipinski definition) is 4. The Bertz CT molecular complexity index is 694. The second-order valence-electron chi connectivity index (χ2n) is 5.06. The van der Waals surface area contributed by atoms with Crippen molar-refractivity contribution < 1.29 is 23.2 Å². The molecule has 1 aromatic heterocycles. The van der Waals surface area contributed by atoms with Crippen LogP contribution < -0.4 is 0 Å². The molecule has 1 aliphatic rings. The fourth-order valence-corrected chi connectivity index (χ4v) is 2.59. The lowest BCUT2D eigenvalue weighted by molar-refractivity contribution is 0.0696. The number of carbonyl (C=O) groups is 1. The van der Waals surface area contributed by atoms with E-state index in [1.165, 1.54) is 0 Å². The maximum absolute atomic E-state index is 13.4. The highest BCUT2D eigenvalue weighted by atomic mass is 19.2. The Morgan fingerprint density at radius 2 is 1.90 bits per heavy atom. The quantitative estimate of drug-likeness (QED) is 0.939. The Labute approximate surface area is 118 Å². The second kappa shape index (κ2) is 5.23. The molecule has 5 nitrogen and oxygen atoms in total. The van der Waals surface area contributed by atoms with Gasteiger partial charge in [-0.15, -0.1) is 0 Å². The van der Waals surface area contributed by atoms with Crippen LogP contribution in [0.3, 0.4) is 0 Å². The number of carboxylic acids is 1. The molecule has 1 aromatic carbocycles. The first-order valence-electron chi connectivity index (χ1n) is 6.62. The maximum Gasteiger partial charge on any atom is 0.336 e. The van der Waals surface area contributed by atoms with E-state index in [1.54, 1.807) is 0 Å². The van der Waals surface area contributed by atoms with Crippen molar-refractivity contribution >= 4 is 5.97 Å². The van der Waals surface area contributed by atoms with Gasteiger partial charge in [0, 0.05) is 5.92 Å². The minimum absolute atomic E-state index is 0.104. The minimum Gasteiger partial charge on any atom is -0.478 e. The van der Waals surface area contributed by atoms with Gasteiger partial charge in [-0.1, -0.05) is 18.0 Å². The summed E-state index contributed by atoms with van der Waals surface area (Å²) in [6.07, 6.45) is 4.06. The van der Waals surface area contributed by atoms with Gasteiger partial charge in [-0.2, -0.15) is 4.98 Å². The van der Waals surface area contributed by atoms with E-state index in [4.69, 9.17) is 9.63 Å². The van der Waals surface area contributed by atoms with E-state index in [-0.39, 0.29) is 17.4 Å². The van der Waals surface area contributed by atoms with Gasteiger partial charge in [0.2, 0.25) is 0 Å². The van der Waals surface area contributed by atoms with Crippen molar-refractivity contribution in [2.75, 3.05) is 0 Å². The van der Waals surface area contributed by atoms with Crippen molar-refractivity contribution in [3.63, 3.8) is 0 Å². The standard InChI is InChI=1S/C14H12F2N2O3/c15-10-5-8(9(14(19)20)6-11(10)16)13-17-12(18-21-13)7-3-1-2-4-7/h5-7H,1-4H2,(H,19,20). The number of hydrogen-bond donors (Lipinski definition) is 1. The van der Waals surface area contributed by atoms with E-state index in [9.17, 15) is 13.6 Å². The first-order valence-corrected chi connectivity index (χ1v) is 6.62. The summed E-state index contributed by atoms with van der Waals surface area (Å²) >= 11 is 0. The predicted octanol–water partition coefficient (Wildman–Crippen LogP) is 3.37. The summed E-state index contributed by atoms with van der Waals surface area (Å²) in [7, 11) is 0. The van der Waals surface area contributed by atoms with E-state index < -0.39 is 23.2 Å². The minimum atomic E-state index is -1.38. The van der Waals surface area contributed by atoms with Gasteiger partial charge in [-0.05, 0) is 25.0 Å². The van der Waals surface area contributed by atoms with Crippen LogP contribution in [-0.2, 0) is 0 Å². The van der Waals surface area contributed by atoms with Gasteiger partial charge < -0.3 is 9.63 Å². The molecule has 1 N–H and O–H groups in total. The lowest BCUT2D eigenvalue weighted by Gasteiger charge is -2.03. The zero-order valence-electron chi connectivity index (χ0n) is 11.0. The number of rotatable bonds is 3. The average Bonchev–Trinajstić information content (AvgIpc) is 3.10. The van der Waals surface area contributed by atoms with Gasteiger partial charge >= 0.3 is 5.97 Å². The van der Waals surface area contributed by atoms with Crippen LogP contribution in [0, 0.1) is 11.6 Å². The van der Waals surface area contributed by atoms with E-state index in [2.05, 4.69) is 10.1 Å². The van der Waals surface area contributed by atoms with Crippen LogP contribution in [0.5, 0.6) is 0 Å². The number of aromatic carboxylic acids is 1. The molecule has 3 rings (SSSR count). The van der Waals surface area contributed by atoms with Gasteiger partial charge in [0.15, 0.2) is 17.5 Å². The monoisotopic (exact) mass is 294 g/mol. The molecule has 7 heteroatoms. The summed E-state index contributed by atoms with van der Waals surface area (Å²) in [5.74, 6) is -3.20. The first-order chi connectivity index (χ1) is 10.1. The van der Waals surface area contributed by atoms with E-state index in [0.29, 0.717) is 11.9 Å². The van der Waals surface area contributed by atoms with Gasteiger partial charge in [-0.25, -0.2) is 13.6 Å². The molecular formula is C14H12F2N2O3. The zero-order valence-corrected chi connectivity index (χ0v) is 11.0. The Balaban J connectivity index is 2.03. The van der Waals surface area contributed by atoms with Crippen LogP contribution in [0.4, 0.5) is 8.78 Å². The van der Waals surface area contributed by atoms with Crippen molar-refractivity contribution in [1.29, 1.82) is 0 Å². The molecule has 0 aliphatic heterocycles.